The minimum Gasteiger partial charge on any atom is -0.303 e. The van der Waals surface area contributed by atoms with E-state index in [1.807, 2.05) is 0 Å². The van der Waals surface area contributed by atoms with E-state index in [2.05, 4.69) is 4.94 Å². The third kappa shape index (κ3) is 3.47. The van der Waals surface area contributed by atoms with E-state index in [0.29, 0.717) is 0 Å². The van der Waals surface area contributed by atoms with Crippen LogP contribution in [0.5, 0.6) is 0 Å². The topological polar surface area (TPSA) is 9.23 Å². The van der Waals surface area contributed by atoms with Crippen LogP contribution in [0.4, 0.5) is 4.53 Å². The molecule has 0 aliphatic carbocycles. The molecule has 0 aromatic heterocycles. The minimum absolute atomic E-state index is 0.958. The van der Waals surface area contributed by atoms with Crippen molar-refractivity contribution in [3.63, 3.8) is 0 Å². The highest BCUT2D eigenvalue weighted by Gasteiger charge is 1.53. The summed E-state index contributed by atoms with van der Waals surface area (Å²) in [6.07, 6.45) is 2.42. The van der Waals surface area contributed by atoms with Crippen LogP contribution in [-0.2, 0) is 4.94 Å². The van der Waals surface area contributed by atoms with Gasteiger partial charge in [0.2, 0.25) is 0 Å². The van der Waals surface area contributed by atoms with E-state index >= 15 is 0 Å². The van der Waals surface area contributed by atoms with Gasteiger partial charge in [-0.1, -0.05) is 0 Å². The van der Waals surface area contributed by atoms with Crippen LogP contribution in [0.15, 0.2) is 12.3 Å². The standard InChI is InChI=1S/C3H5FO/c1-2-3-5-4/h2-3H,1H3. The lowest BCUT2D eigenvalue weighted by Gasteiger charge is -1.67. The van der Waals surface area contributed by atoms with E-state index < -0.39 is 0 Å². The van der Waals surface area contributed by atoms with Gasteiger partial charge in [-0.3, -0.25) is 0 Å². The molecule has 0 heterocycles. The van der Waals surface area contributed by atoms with Crippen LogP contribution < -0.4 is 0 Å². The fraction of sp³-hybridized carbons (Fsp3) is 0.333. The van der Waals surface area contributed by atoms with Crippen LogP contribution in [0.3, 0.4) is 0 Å². The summed E-state index contributed by atoms with van der Waals surface area (Å²) < 4.78 is 10.4. The first kappa shape index (κ1) is 4.47. The summed E-state index contributed by atoms with van der Waals surface area (Å²) in [4.78, 5) is 3.01. The lowest BCUT2D eigenvalue weighted by molar-refractivity contribution is -0.0619. The number of halogens is 1. The van der Waals surface area contributed by atoms with Crippen LogP contribution in [0.2, 0.25) is 0 Å². The molecular formula is C3H5FO. The molecule has 2 heteroatoms. The van der Waals surface area contributed by atoms with Crippen molar-refractivity contribution in [3.8, 4) is 0 Å². The molecule has 0 fully saturated rings. The first-order chi connectivity index (χ1) is 2.41. The van der Waals surface area contributed by atoms with Crippen molar-refractivity contribution < 1.29 is 9.47 Å². The summed E-state index contributed by atoms with van der Waals surface area (Å²) in [7, 11) is 0. The molecule has 0 aromatic carbocycles. The molecule has 0 saturated heterocycles. The first-order valence-corrected chi connectivity index (χ1v) is 1.30. The van der Waals surface area contributed by atoms with E-state index in [9.17, 15) is 4.53 Å². The van der Waals surface area contributed by atoms with Gasteiger partial charge in [0.1, 0.15) is 6.26 Å². The molecule has 0 radical (unpaired) electrons. The molecule has 0 unspecified atom stereocenters. The van der Waals surface area contributed by atoms with E-state index in [4.69, 9.17) is 0 Å². The van der Waals surface area contributed by atoms with E-state index in [1.165, 1.54) is 6.08 Å². The Morgan fingerprint density at radius 2 is 2.40 bits per heavy atom. The third-order valence-corrected chi connectivity index (χ3v) is 0.188. The van der Waals surface area contributed by atoms with Crippen LogP contribution in [0, 0.1) is 0 Å². The van der Waals surface area contributed by atoms with Gasteiger partial charge in [-0.2, -0.15) is 0 Å². The molecule has 0 spiro atoms. The Bertz CT molecular complexity index is 33.9. The van der Waals surface area contributed by atoms with Crippen molar-refractivity contribution in [2.45, 2.75) is 6.92 Å². The van der Waals surface area contributed by atoms with Crippen molar-refractivity contribution in [1.29, 1.82) is 0 Å². The van der Waals surface area contributed by atoms with Crippen LogP contribution in [0.1, 0.15) is 6.92 Å². The molecular weight excluding hydrogens is 71.0 g/mol. The number of rotatable bonds is 1. The largest absolute Gasteiger partial charge is 0.303 e. The average Bonchev–Trinajstić information content (AvgIpc) is 1.41. The predicted molar refractivity (Wildman–Crippen MR) is 17.0 cm³/mol. The molecule has 0 saturated carbocycles. The van der Waals surface area contributed by atoms with Gasteiger partial charge in [-0.15, -0.1) is 0 Å². The molecule has 0 atom stereocenters. The molecule has 0 aliphatic rings. The normalized spacial score (nSPS) is 9.20. The summed E-state index contributed by atoms with van der Waals surface area (Å²) in [5.41, 5.74) is 0. The van der Waals surface area contributed by atoms with Crippen molar-refractivity contribution in [3.05, 3.63) is 12.3 Å². The Morgan fingerprint density at radius 3 is 2.40 bits per heavy atom. The molecule has 0 aromatic rings. The van der Waals surface area contributed by atoms with Gasteiger partial charge in [0.25, 0.3) is 0 Å². The Kier molecular flexibility index (Phi) is 3.10. The van der Waals surface area contributed by atoms with E-state index in [0.717, 1.165) is 6.26 Å². The first-order valence-electron chi connectivity index (χ1n) is 1.30. The van der Waals surface area contributed by atoms with Gasteiger partial charge in [0.05, 0.1) is 0 Å². The number of allylic oxidation sites excluding steroid dienone is 1. The highest BCUT2D eigenvalue weighted by atomic mass is 19.3. The van der Waals surface area contributed by atoms with E-state index in [1.54, 1.807) is 6.92 Å². The molecule has 0 N–H and O–H groups in total. The monoisotopic (exact) mass is 76.0 g/mol. The average molecular weight is 76.1 g/mol. The zero-order chi connectivity index (χ0) is 4.12. The summed E-state index contributed by atoms with van der Waals surface area (Å²) in [5, 5.41) is 0. The second-order valence-corrected chi connectivity index (χ2v) is 0.559. The molecule has 0 amide bonds. The fourth-order valence-corrected chi connectivity index (χ4v) is 0.0514. The molecule has 1 nitrogen and oxygen atoms in total. The maximum atomic E-state index is 10.4. The second kappa shape index (κ2) is 3.47. The summed E-state index contributed by atoms with van der Waals surface area (Å²) in [6.45, 7) is 1.67. The summed E-state index contributed by atoms with van der Waals surface area (Å²) in [6, 6.07) is 0. The van der Waals surface area contributed by atoms with Gasteiger partial charge in [-0.05, 0) is 13.0 Å². The van der Waals surface area contributed by atoms with Crippen molar-refractivity contribution in [1.82, 2.24) is 0 Å². The zero-order valence-corrected chi connectivity index (χ0v) is 2.94. The quantitative estimate of drug-likeness (QED) is 0.429. The predicted octanol–water partition coefficient (Wildman–Crippen LogP) is 1.42. The molecule has 0 rings (SSSR count). The highest BCUT2D eigenvalue weighted by molar-refractivity contribution is 4.62. The Hall–Kier alpha value is -0.530. The third-order valence-electron chi connectivity index (χ3n) is 0.188. The summed E-state index contributed by atoms with van der Waals surface area (Å²) in [5.74, 6) is 0. The smallest absolute Gasteiger partial charge is 0.131 e. The van der Waals surface area contributed by atoms with Gasteiger partial charge in [0, 0.05) is 4.53 Å². The number of hydrogen-bond acceptors (Lipinski definition) is 1. The fourth-order valence-electron chi connectivity index (χ4n) is 0.0514. The lowest BCUT2D eigenvalue weighted by Crippen LogP contribution is -1.47. The van der Waals surface area contributed by atoms with Crippen molar-refractivity contribution >= 4 is 0 Å². The Morgan fingerprint density at radius 1 is 1.80 bits per heavy atom. The van der Waals surface area contributed by atoms with Gasteiger partial charge >= 0.3 is 0 Å². The maximum absolute atomic E-state index is 10.4. The van der Waals surface area contributed by atoms with Crippen LogP contribution >= 0.6 is 0 Å². The van der Waals surface area contributed by atoms with Gasteiger partial charge in [0.15, 0.2) is 0 Å². The summed E-state index contributed by atoms with van der Waals surface area (Å²) >= 11 is 0. The Balaban J connectivity index is 2.62. The minimum atomic E-state index is 0.958. The molecule has 0 aliphatic heterocycles. The zero-order valence-electron chi connectivity index (χ0n) is 2.94. The molecule has 5 heavy (non-hydrogen) atoms. The van der Waals surface area contributed by atoms with Crippen molar-refractivity contribution in [2.24, 2.45) is 0 Å². The van der Waals surface area contributed by atoms with Gasteiger partial charge in [-0.25, -0.2) is 0 Å². The lowest BCUT2D eigenvalue weighted by atomic mass is 10.8. The second-order valence-electron chi connectivity index (χ2n) is 0.559. The number of hydrogen-bond donors (Lipinski definition) is 0. The van der Waals surface area contributed by atoms with Crippen LogP contribution in [-0.4, -0.2) is 0 Å². The molecule has 0 bridgehead atoms. The van der Waals surface area contributed by atoms with E-state index in [-0.39, 0.29) is 0 Å². The SMILES string of the molecule is CC=COF. The van der Waals surface area contributed by atoms with Crippen molar-refractivity contribution in [2.75, 3.05) is 0 Å². The highest BCUT2D eigenvalue weighted by Crippen LogP contribution is 1.71. The van der Waals surface area contributed by atoms with Gasteiger partial charge < -0.3 is 4.94 Å². The van der Waals surface area contributed by atoms with Crippen LogP contribution in [0.25, 0.3) is 0 Å². The molecule has 30 valence electrons. The maximum Gasteiger partial charge on any atom is 0.131 e. The Labute approximate surface area is 30.0 Å².